The number of nitrogens with one attached hydrogen (secondary N) is 1. The molecular weight excluding hydrogens is 293 g/mol. The molecule has 4 nitrogen and oxygen atoms in total. The summed E-state index contributed by atoms with van der Waals surface area (Å²) < 4.78 is 18.4. The Labute approximate surface area is 128 Å². The zero-order valence-corrected chi connectivity index (χ0v) is 12.9. The van der Waals surface area contributed by atoms with Gasteiger partial charge in [-0.2, -0.15) is 0 Å². The summed E-state index contributed by atoms with van der Waals surface area (Å²) in [6, 6.07) is 3.91. The van der Waals surface area contributed by atoms with Crippen LogP contribution < -0.4 is 10.1 Å². The van der Waals surface area contributed by atoms with Crippen molar-refractivity contribution in [2.75, 3.05) is 0 Å². The van der Waals surface area contributed by atoms with Crippen LogP contribution in [0, 0.1) is 5.82 Å². The van der Waals surface area contributed by atoms with Crippen LogP contribution in [0.3, 0.4) is 0 Å². The van der Waals surface area contributed by atoms with Crippen LogP contribution in [0.1, 0.15) is 26.5 Å². The second-order valence-corrected chi connectivity index (χ2v) is 6.03. The van der Waals surface area contributed by atoms with Gasteiger partial charge in [0.1, 0.15) is 11.6 Å². The summed E-state index contributed by atoms with van der Waals surface area (Å²) in [6.45, 7) is 6.85. The molecule has 1 heterocycles. The topological polar surface area (TPSA) is 47.0 Å². The highest BCUT2D eigenvalue weighted by molar-refractivity contribution is 6.32. The first kappa shape index (κ1) is 15.7. The first-order valence-electron chi connectivity index (χ1n) is 6.52. The largest absolute Gasteiger partial charge is 0.436 e. The van der Waals surface area contributed by atoms with Crippen LogP contribution in [-0.2, 0) is 6.54 Å². The van der Waals surface area contributed by atoms with E-state index in [9.17, 15) is 4.39 Å². The Bertz CT molecular complexity index is 611. The van der Waals surface area contributed by atoms with E-state index in [-0.39, 0.29) is 10.6 Å². The number of halogens is 2. The summed E-state index contributed by atoms with van der Waals surface area (Å²) in [5.41, 5.74) is 0.820. The standard InChI is InChI=1S/C15H17ClFN3O/c1-15(2,3)20-8-11-7-19-14(9-18-11)21-13-5-4-10(17)6-12(13)16/h4-7,9,20H,8H2,1-3H3. The highest BCUT2D eigenvalue weighted by atomic mass is 35.5. The number of nitrogens with zero attached hydrogens (tertiary/aromatic N) is 2. The average molecular weight is 310 g/mol. The van der Waals surface area contributed by atoms with Crippen molar-refractivity contribution in [3.05, 3.63) is 47.1 Å². The maximum atomic E-state index is 12.9. The molecule has 21 heavy (non-hydrogen) atoms. The zero-order chi connectivity index (χ0) is 15.5. The lowest BCUT2D eigenvalue weighted by Crippen LogP contribution is -2.35. The molecular formula is C15H17ClFN3O. The molecule has 112 valence electrons. The molecule has 0 aliphatic heterocycles. The van der Waals surface area contributed by atoms with Crippen LogP contribution in [0.25, 0.3) is 0 Å². The number of rotatable bonds is 4. The molecule has 0 amide bonds. The molecule has 1 N–H and O–H groups in total. The number of benzene rings is 1. The highest BCUT2D eigenvalue weighted by Crippen LogP contribution is 2.28. The molecule has 0 aliphatic carbocycles. The van der Waals surface area contributed by atoms with Crippen molar-refractivity contribution in [1.29, 1.82) is 0 Å². The Morgan fingerprint density at radius 1 is 1.24 bits per heavy atom. The first-order valence-corrected chi connectivity index (χ1v) is 6.90. The molecule has 2 rings (SSSR count). The van der Waals surface area contributed by atoms with E-state index >= 15 is 0 Å². The lowest BCUT2D eigenvalue weighted by atomic mass is 10.1. The summed E-state index contributed by atoms with van der Waals surface area (Å²) in [7, 11) is 0. The summed E-state index contributed by atoms with van der Waals surface area (Å²) >= 11 is 5.89. The Kier molecular flexibility index (Phi) is 4.75. The third-order valence-corrected chi connectivity index (χ3v) is 2.89. The smallest absolute Gasteiger partial charge is 0.237 e. The van der Waals surface area contributed by atoms with Gasteiger partial charge < -0.3 is 10.1 Å². The molecule has 0 bridgehead atoms. The second-order valence-electron chi connectivity index (χ2n) is 5.63. The van der Waals surface area contributed by atoms with Gasteiger partial charge in [-0.3, -0.25) is 4.98 Å². The second kappa shape index (κ2) is 6.37. The van der Waals surface area contributed by atoms with E-state index in [4.69, 9.17) is 16.3 Å². The fraction of sp³-hybridized carbons (Fsp3) is 0.333. The average Bonchev–Trinajstić information content (AvgIpc) is 2.40. The predicted octanol–water partition coefficient (Wildman–Crippen LogP) is 3.95. The first-order chi connectivity index (χ1) is 9.83. The molecule has 2 aromatic rings. The van der Waals surface area contributed by atoms with Gasteiger partial charge in [0.15, 0.2) is 0 Å². The SMILES string of the molecule is CC(C)(C)NCc1cnc(Oc2ccc(F)cc2Cl)cn1. The van der Waals surface area contributed by atoms with Gasteiger partial charge in [0.25, 0.3) is 0 Å². The van der Waals surface area contributed by atoms with Crippen LogP contribution in [0.2, 0.25) is 5.02 Å². The van der Waals surface area contributed by atoms with Crippen molar-refractivity contribution < 1.29 is 9.13 Å². The normalized spacial score (nSPS) is 11.5. The van der Waals surface area contributed by atoms with Crippen LogP contribution in [-0.4, -0.2) is 15.5 Å². The van der Waals surface area contributed by atoms with Gasteiger partial charge >= 0.3 is 0 Å². The van der Waals surface area contributed by atoms with Crippen molar-refractivity contribution in [1.82, 2.24) is 15.3 Å². The maximum Gasteiger partial charge on any atom is 0.237 e. The van der Waals surface area contributed by atoms with E-state index in [0.29, 0.717) is 18.2 Å². The zero-order valence-electron chi connectivity index (χ0n) is 12.2. The monoisotopic (exact) mass is 309 g/mol. The fourth-order valence-corrected chi connectivity index (χ4v) is 1.72. The molecule has 0 unspecified atom stereocenters. The molecule has 0 fully saturated rings. The van der Waals surface area contributed by atoms with Gasteiger partial charge in [-0.05, 0) is 39.0 Å². The van der Waals surface area contributed by atoms with Crippen molar-refractivity contribution in [3.8, 4) is 11.6 Å². The molecule has 0 atom stereocenters. The van der Waals surface area contributed by atoms with Gasteiger partial charge in [-0.25, -0.2) is 9.37 Å². The highest BCUT2D eigenvalue weighted by Gasteiger charge is 2.10. The van der Waals surface area contributed by atoms with Crippen LogP contribution >= 0.6 is 11.6 Å². The lowest BCUT2D eigenvalue weighted by molar-refractivity contribution is 0.418. The molecule has 0 aliphatic rings. The molecule has 0 saturated carbocycles. The Morgan fingerprint density at radius 2 is 2.00 bits per heavy atom. The summed E-state index contributed by atoms with van der Waals surface area (Å²) in [6.07, 6.45) is 3.14. The van der Waals surface area contributed by atoms with E-state index in [1.54, 1.807) is 6.20 Å². The Morgan fingerprint density at radius 3 is 2.57 bits per heavy atom. The molecule has 1 aromatic heterocycles. The number of hydrogen-bond donors (Lipinski definition) is 1. The van der Waals surface area contributed by atoms with Crippen molar-refractivity contribution in [3.63, 3.8) is 0 Å². The van der Waals surface area contributed by atoms with Gasteiger partial charge in [0.2, 0.25) is 5.88 Å². The van der Waals surface area contributed by atoms with Crippen LogP contribution in [0.15, 0.2) is 30.6 Å². The summed E-state index contributed by atoms with van der Waals surface area (Å²) in [4.78, 5) is 8.42. The number of aromatic nitrogens is 2. The van der Waals surface area contributed by atoms with Gasteiger partial charge in [0, 0.05) is 12.1 Å². The van der Waals surface area contributed by atoms with E-state index in [1.807, 2.05) is 0 Å². The quantitative estimate of drug-likeness (QED) is 0.929. The number of hydrogen-bond acceptors (Lipinski definition) is 4. The minimum absolute atomic E-state index is 0.0124. The fourth-order valence-electron chi connectivity index (χ4n) is 1.51. The van der Waals surface area contributed by atoms with Gasteiger partial charge in [-0.15, -0.1) is 0 Å². The van der Waals surface area contributed by atoms with E-state index in [0.717, 1.165) is 5.69 Å². The van der Waals surface area contributed by atoms with Crippen LogP contribution in [0.4, 0.5) is 4.39 Å². The minimum atomic E-state index is -0.415. The molecule has 0 saturated heterocycles. The molecule has 6 heteroatoms. The lowest BCUT2D eigenvalue weighted by Gasteiger charge is -2.19. The molecule has 0 spiro atoms. The maximum absolute atomic E-state index is 12.9. The van der Waals surface area contributed by atoms with Crippen molar-refractivity contribution in [2.45, 2.75) is 32.9 Å². The molecule has 0 radical (unpaired) electrons. The van der Waals surface area contributed by atoms with Gasteiger partial charge in [-0.1, -0.05) is 11.6 Å². The van der Waals surface area contributed by atoms with E-state index < -0.39 is 5.82 Å². The van der Waals surface area contributed by atoms with Crippen molar-refractivity contribution in [2.24, 2.45) is 0 Å². The summed E-state index contributed by atoms with van der Waals surface area (Å²) in [5, 5.41) is 3.51. The number of ether oxygens (including phenoxy) is 1. The summed E-state index contributed by atoms with van der Waals surface area (Å²) in [5.74, 6) is 0.234. The van der Waals surface area contributed by atoms with Crippen molar-refractivity contribution >= 4 is 11.6 Å². The third-order valence-electron chi connectivity index (χ3n) is 2.59. The van der Waals surface area contributed by atoms with E-state index in [2.05, 4.69) is 36.1 Å². The third kappa shape index (κ3) is 4.95. The van der Waals surface area contributed by atoms with Crippen LogP contribution in [0.5, 0.6) is 11.6 Å². The molecule has 1 aromatic carbocycles. The minimum Gasteiger partial charge on any atom is -0.436 e. The Hall–Kier alpha value is -1.72. The van der Waals surface area contributed by atoms with E-state index in [1.165, 1.54) is 24.4 Å². The Balaban J connectivity index is 2.02. The van der Waals surface area contributed by atoms with Gasteiger partial charge in [0.05, 0.1) is 23.1 Å². The predicted molar refractivity (Wildman–Crippen MR) is 80.1 cm³/mol.